The summed E-state index contributed by atoms with van der Waals surface area (Å²) in [5.74, 6) is 0.704. The smallest absolute Gasteiger partial charge is 0.0481 e. The zero-order chi connectivity index (χ0) is 12.1. The number of nitrogens with one attached hydrogen (secondary N) is 1. The maximum absolute atomic E-state index is 3.49. The predicted molar refractivity (Wildman–Crippen MR) is 74.4 cm³/mol. The normalized spacial score (nSPS) is 11.2. The molecular formula is C14H20N2S. The van der Waals surface area contributed by atoms with Crippen molar-refractivity contribution in [3.8, 4) is 0 Å². The number of aromatic nitrogens is 1. The second kappa shape index (κ2) is 6.03. The summed E-state index contributed by atoms with van der Waals surface area (Å²) in [6.07, 6.45) is 2.16. The van der Waals surface area contributed by atoms with Crippen LogP contribution in [0.4, 0.5) is 0 Å². The van der Waals surface area contributed by atoms with Crippen LogP contribution in [0.2, 0.25) is 0 Å². The highest BCUT2D eigenvalue weighted by Crippen LogP contribution is 2.11. The molecule has 0 saturated heterocycles. The largest absolute Gasteiger partial charge is 0.346 e. The Balaban J connectivity index is 1.92. The molecule has 0 amide bonds. The van der Waals surface area contributed by atoms with Crippen molar-refractivity contribution >= 4 is 11.3 Å². The van der Waals surface area contributed by atoms with Gasteiger partial charge in [-0.2, -0.15) is 11.3 Å². The molecule has 0 aliphatic heterocycles. The number of hydrogen-bond acceptors (Lipinski definition) is 2. The maximum atomic E-state index is 3.49. The van der Waals surface area contributed by atoms with Gasteiger partial charge in [-0.15, -0.1) is 0 Å². The summed E-state index contributed by atoms with van der Waals surface area (Å²) in [5, 5.41) is 7.84. The molecule has 0 bridgehead atoms. The van der Waals surface area contributed by atoms with Crippen LogP contribution in [0, 0.1) is 5.92 Å². The van der Waals surface area contributed by atoms with E-state index in [1.807, 2.05) is 0 Å². The van der Waals surface area contributed by atoms with Gasteiger partial charge in [-0.3, -0.25) is 0 Å². The van der Waals surface area contributed by atoms with E-state index in [0.29, 0.717) is 5.92 Å². The number of thiophene rings is 1. The van der Waals surface area contributed by atoms with Crippen LogP contribution < -0.4 is 5.32 Å². The van der Waals surface area contributed by atoms with E-state index in [4.69, 9.17) is 0 Å². The van der Waals surface area contributed by atoms with Crippen LogP contribution in [0.25, 0.3) is 0 Å². The fourth-order valence-electron chi connectivity index (χ4n) is 1.83. The van der Waals surface area contributed by atoms with Crippen LogP contribution in [0.15, 0.2) is 35.2 Å². The first-order valence-corrected chi connectivity index (χ1v) is 7.06. The Morgan fingerprint density at radius 3 is 2.94 bits per heavy atom. The Kier molecular flexibility index (Phi) is 4.40. The third kappa shape index (κ3) is 3.72. The highest BCUT2D eigenvalue weighted by Gasteiger charge is 2.02. The van der Waals surface area contributed by atoms with Crippen molar-refractivity contribution in [1.82, 2.24) is 9.88 Å². The van der Waals surface area contributed by atoms with Gasteiger partial charge in [0.1, 0.15) is 0 Å². The minimum atomic E-state index is 0.704. The van der Waals surface area contributed by atoms with Crippen LogP contribution in [-0.4, -0.2) is 11.1 Å². The van der Waals surface area contributed by atoms with Gasteiger partial charge in [-0.1, -0.05) is 13.8 Å². The topological polar surface area (TPSA) is 17.0 Å². The number of hydrogen-bond donors (Lipinski definition) is 1. The fourth-order valence-corrected chi connectivity index (χ4v) is 2.49. The van der Waals surface area contributed by atoms with E-state index < -0.39 is 0 Å². The zero-order valence-corrected chi connectivity index (χ0v) is 11.3. The molecule has 2 heterocycles. The summed E-state index contributed by atoms with van der Waals surface area (Å²) >= 11 is 1.76. The molecular weight excluding hydrogens is 228 g/mol. The zero-order valence-electron chi connectivity index (χ0n) is 10.5. The first kappa shape index (κ1) is 12.4. The van der Waals surface area contributed by atoms with Gasteiger partial charge in [0.25, 0.3) is 0 Å². The Bertz CT molecular complexity index is 429. The van der Waals surface area contributed by atoms with E-state index in [0.717, 1.165) is 19.6 Å². The van der Waals surface area contributed by atoms with Gasteiger partial charge < -0.3 is 9.88 Å². The molecule has 17 heavy (non-hydrogen) atoms. The molecule has 0 radical (unpaired) electrons. The predicted octanol–water partition coefficient (Wildman–Crippen LogP) is 3.34. The van der Waals surface area contributed by atoms with Gasteiger partial charge >= 0.3 is 0 Å². The Morgan fingerprint density at radius 2 is 2.24 bits per heavy atom. The third-order valence-corrected chi connectivity index (χ3v) is 3.45. The average Bonchev–Trinajstić information content (AvgIpc) is 2.91. The second-order valence-corrected chi connectivity index (χ2v) is 5.56. The molecule has 0 fully saturated rings. The summed E-state index contributed by atoms with van der Waals surface area (Å²) in [4.78, 5) is 0. The molecule has 1 N–H and O–H groups in total. The van der Waals surface area contributed by atoms with Crippen molar-refractivity contribution in [2.24, 2.45) is 5.92 Å². The molecule has 92 valence electrons. The van der Waals surface area contributed by atoms with Crippen LogP contribution in [0.1, 0.15) is 25.1 Å². The lowest BCUT2D eigenvalue weighted by molar-refractivity contribution is 0.539. The second-order valence-electron chi connectivity index (χ2n) is 4.78. The molecule has 0 aromatic carbocycles. The van der Waals surface area contributed by atoms with Crippen molar-refractivity contribution in [3.05, 3.63) is 46.4 Å². The van der Waals surface area contributed by atoms with Crippen molar-refractivity contribution in [2.75, 3.05) is 6.54 Å². The quantitative estimate of drug-likeness (QED) is 0.829. The van der Waals surface area contributed by atoms with E-state index in [2.05, 4.69) is 58.9 Å². The first-order valence-electron chi connectivity index (χ1n) is 6.11. The SMILES string of the molecule is CC(C)CNCc1cccn1Cc1ccsc1. The van der Waals surface area contributed by atoms with Crippen LogP contribution >= 0.6 is 11.3 Å². The monoisotopic (exact) mass is 248 g/mol. The van der Waals surface area contributed by atoms with Gasteiger partial charge in [-0.25, -0.2) is 0 Å². The van der Waals surface area contributed by atoms with E-state index >= 15 is 0 Å². The van der Waals surface area contributed by atoms with Gasteiger partial charge in [0.15, 0.2) is 0 Å². The lowest BCUT2D eigenvalue weighted by Crippen LogP contribution is -2.20. The van der Waals surface area contributed by atoms with Crippen molar-refractivity contribution < 1.29 is 0 Å². The van der Waals surface area contributed by atoms with Gasteiger partial charge in [0.2, 0.25) is 0 Å². The van der Waals surface area contributed by atoms with Crippen molar-refractivity contribution in [3.63, 3.8) is 0 Å². The summed E-state index contributed by atoms with van der Waals surface area (Å²) in [6.45, 7) is 7.48. The molecule has 2 aromatic heterocycles. The molecule has 0 atom stereocenters. The molecule has 0 unspecified atom stereocenters. The Hall–Kier alpha value is -1.06. The molecule has 2 rings (SSSR count). The molecule has 0 aliphatic carbocycles. The molecule has 0 saturated carbocycles. The third-order valence-electron chi connectivity index (χ3n) is 2.72. The number of rotatable bonds is 6. The highest BCUT2D eigenvalue weighted by atomic mass is 32.1. The summed E-state index contributed by atoms with van der Waals surface area (Å²) in [5.41, 5.74) is 2.74. The lowest BCUT2D eigenvalue weighted by Gasteiger charge is -2.10. The average molecular weight is 248 g/mol. The van der Waals surface area contributed by atoms with Gasteiger partial charge in [-0.05, 0) is 47.0 Å². The Morgan fingerprint density at radius 1 is 1.35 bits per heavy atom. The minimum Gasteiger partial charge on any atom is -0.346 e. The molecule has 2 nitrogen and oxygen atoms in total. The molecule has 0 aliphatic rings. The van der Waals surface area contributed by atoms with E-state index in [1.54, 1.807) is 11.3 Å². The molecule has 3 heteroatoms. The van der Waals surface area contributed by atoms with Crippen molar-refractivity contribution in [2.45, 2.75) is 26.9 Å². The van der Waals surface area contributed by atoms with Gasteiger partial charge in [0, 0.05) is 25.0 Å². The standard InChI is InChI=1S/C14H20N2S/c1-12(2)8-15-9-14-4-3-6-16(14)10-13-5-7-17-11-13/h3-7,11-12,15H,8-10H2,1-2H3. The highest BCUT2D eigenvalue weighted by molar-refractivity contribution is 7.07. The summed E-state index contributed by atoms with van der Waals surface area (Å²) < 4.78 is 2.31. The first-order chi connectivity index (χ1) is 8.25. The van der Waals surface area contributed by atoms with E-state index in [1.165, 1.54) is 11.3 Å². The molecule has 2 aromatic rings. The van der Waals surface area contributed by atoms with Crippen LogP contribution in [0.5, 0.6) is 0 Å². The summed E-state index contributed by atoms with van der Waals surface area (Å²) in [6, 6.07) is 6.51. The minimum absolute atomic E-state index is 0.704. The van der Waals surface area contributed by atoms with Gasteiger partial charge in [0.05, 0.1) is 0 Å². The van der Waals surface area contributed by atoms with Crippen LogP contribution in [-0.2, 0) is 13.1 Å². The van der Waals surface area contributed by atoms with Crippen LogP contribution in [0.3, 0.4) is 0 Å². The lowest BCUT2D eigenvalue weighted by atomic mass is 10.2. The van der Waals surface area contributed by atoms with E-state index in [9.17, 15) is 0 Å². The number of nitrogens with zero attached hydrogens (tertiary/aromatic N) is 1. The summed E-state index contributed by atoms with van der Waals surface area (Å²) in [7, 11) is 0. The fraction of sp³-hybridized carbons (Fsp3) is 0.429. The molecule has 0 spiro atoms. The Labute approximate surface area is 107 Å². The maximum Gasteiger partial charge on any atom is 0.0481 e. The van der Waals surface area contributed by atoms with E-state index in [-0.39, 0.29) is 0 Å². The van der Waals surface area contributed by atoms with Crippen molar-refractivity contribution in [1.29, 1.82) is 0 Å².